The molecule has 2 aromatic rings. The van der Waals surface area contributed by atoms with E-state index in [1.165, 1.54) is 6.07 Å². The third-order valence-electron chi connectivity index (χ3n) is 5.51. The zero-order valence-electron chi connectivity index (χ0n) is 16.7. The first-order valence-corrected chi connectivity index (χ1v) is 11.1. The predicted molar refractivity (Wildman–Crippen MR) is 110 cm³/mol. The first kappa shape index (κ1) is 22.6. The number of benzene rings is 1. The average Bonchev–Trinajstić information content (AvgIpc) is 3.06. The molecule has 0 radical (unpaired) electrons. The van der Waals surface area contributed by atoms with Gasteiger partial charge in [0.25, 0.3) is 10.0 Å². The molecule has 1 aliphatic heterocycles. The maximum absolute atomic E-state index is 14.9. The summed E-state index contributed by atoms with van der Waals surface area (Å²) >= 11 is 6.13. The van der Waals surface area contributed by atoms with Crippen LogP contribution in [0.4, 0.5) is 24.7 Å². The number of sulfonamides is 1. The zero-order valence-corrected chi connectivity index (χ0v) is 18.3. The van der Waals surface area contributed by atoms with Gasteiger partial charge in [-0.2, -0.15) is 4.39 Å². The Morgan fingerprint density at radius 2 is 2.03 bits per heavy atom. The van der Waals surface area contributed by atoms with Gasteiger partial charge < -0.3 is 4.90 Å². The maximum atomic E-state index is 14.9. The number of anilines is 2. The molecule has 0 bridgehead atoms. The Kier molecular flexibility index (Phi) is 6.22. The first-order chi connectivity index (χ1) is 14.0. The second kappa shape index (κ2) is 8.24. The lowest BCUT2D eigenvalue weighted by molar-refractivity contribution is 0.167. The molecule has 1 fully saturated rings. The van der Waals surface area contributed by atoms with E-state index in [1.807, 2.05) is 25.6 Å². The van der Waals surface area contributed by atoms with E-state index in [0.29, 0.717) is 13.1 Å². The molecule has 3 rings (SSSR count). The van der Waals surface area contributed by atoms with Gasteiger partial charge >= 0.3 is 0 Å². The van der Waals surface area contributed by atoms with Crippen LogP contribution in [0.3, 0.4) is 0 Å². The fraction of sp³-hybridized carbons (Fsp3) is 0.421. The van der Waals surface area contributed by atoms with E-state index in [4.69, 9.17) is 11.6 Å². The highest BCUT2D eigenvalue weighted by Gasteiger charge is 2.39. The monoisotopic (exact) mass is 462 g/mol. The third-order valence-corrected chi connectivity index (χ3v) is 7.26. The van der Waals surface area contributed by atoms with Gasteiger partial charge in [-0.05, 0) is 39.1 Å². The van der Waals surface area contributed by atoms with Crippen molar-refractivity contribution >= 4 is 33.1 Å². The van der Waals surface area contributed by atoms with Gasteiger partial charge in [0, 0.05) is 24.7 Å². The van der Waals surface area contributed by atoms with Crippen molar-refractivity contribution in [2.24, 2.45) is 0 Å². The number of hydrogen-bond acceptors (Lipinski definition) is 5. The molecule has 0 saturated carbocycles. The maximum Gasteiger partial charge on any atom is 0.268 e. The normalized spacial score (nSPS) is 19.5. The summed E-state index contributed by atoms with van der Waals surface area (Å²) < 4.78 is 69.9. The summed E-state index contributed by atoms with van der Waals surface area (Å²) in [5.74, 6) is -4.06. The van der Waals surface area contributed by atoms with E-state index < -0.39 is 43.3 Å². The van der Waals surface area contributed by atoms with Gasteiger partial charge in [0.05, 0.1) is 5.69 Å². The summed E-state index contributed by atoms with van der Waals surface area (Å²) in [4.78, 5) is 5.97. The summed E-state index contributed by atoms with van der Waals surface area (Å²) in [7, 11) is -2.77. The van der Waals surface area contributed by atoms with Crippen LogP contribution in [-0.4, -0.2) is 50.5 Å². The molecule has 0 aliphatic carbocycles. The third kappa shape index (κ3) is 4.21. The number of pyridine rings is 1. The molecule has 2 heterocycles. The molecule has 0 spiro atoms. The van der Waals surface area contributed by atoms with E-state index in [9.17, 15) is 21.6 Å². The number of likely N-dealkylation sites (N-methyl/N-ethyl adjacent to an activating group) is 1. The molecule has 1 atom stereocenters. The van der Waals surface area contributed by atoms with E-state index in [-0.39, 0.29) is 11.2 Å². The molecular weight excluding hydrogens is 441 g/mol. The van der Waals surface area contributed by atoms with Crippen LogP contribution in [0.15, 0.2) is 29.2 Å². The van der Waals surface area contributed by atoms with Crippen molar-refractivity contribution in [2.75, 3.05) is 36.3 Å². The van der Waals surface area contributed by atoms with Crippen LogP contribution < -0.4 is 9.62 Å². The predicted octanol–water partition coefficient (Wildman–Crippen LogP) is 3.87. The van der Waals surface area contributed by atoms with Crippen molar-refractivity contribution < 1.29 is 21.6 Å². The Hall–Kier alpha value is -2.04. The Balaban J connectivity index is 1.96. The van der Waals surface area contributed by atoms with Gasteiger partial charge in [-0.15, -0.1) is 0 Å². The Morgan fingerprint density at radius 1 is 1.33 bits per heavy atom. The first-order valence-electron chi connectivity index (χ1n) is 9.27. The van der Waals surface area contributed by atoms with Crippen molar-refractivity contribution in [3.8, 4) is 0 Å². The molecule has 0 amide bonds. The summed E-state index contributed by atoms with van der Waals surface area (Å²) in [6.45, 7) is 5.86. The van der Waals surface area contributed by atoms with Crippen molar-refractivity contribution in [3.05, 3.63) is 46.9 Å². The molecule has 1 N–H and O–H groups in total. The highest BCUT2D eigenvalue weighted by molar-refractivity contribution is 7.92. The largest absolute Gasteiger partial charge is 0.368 e. The van der Waals surface area contributed by atoms with E-state index in [2.05, 4.69) is 9.88 Å². The van der Waals surface area contributed by atoms with Crippen molar-refractivity contribution in [2.45, 2.75) is 30.7 Å². The van der Waals surface area contributed by atoms with Gasteiger partial charge in [0.2, 0.25) is 5.95 Å². The molecule has 11 heteroatoms. The second-order valence-electron chi connectivity index (χ2n) is 7.47. The lowest BCUT2D eigenvalue weighted by Gasteiger charge is -2.35. The van der Waals surface area contributed by atoms with E-state index in [0.717, 1.165) is 31.2 Å². The van der Waals surface area contributed by atoms with Crippen LogP contribution >= 0.6 is 11.6 Å². The van der Waals surface area contributed by atoms with Gasteiger partial charge in [0.1, 0.15) is 16.7 Å². The second-order valence-corrected chi connectivity index (χ2v) is 9.47. The minimum absolute atomic E-state index is 0.0859. The summed E-state index contributed by atoms with van der Waals surface area (Å²) in [6, 6.07) is 4.28. The highest BCUT2D eigenvalue weighted by Crippen LogP contribution is 2.39. The number of rotatable bonds is 6. The molecule has 1 saturated heterocycles. The Bertz CT molecular complexity index is 1070. The molecule has 6 nitrogen and oxygen atoms in total. The van der Waals surface area contributed by atoms with E-state index in [1.54, 1.807) is 4.90 Å². The minimum Gasteiger partial charge on any atom is -0.368 e. The number of nitrogens with one attached hydrogen (secondary N) is 1. The van der Waals surface area contributed by atoms with Crippen LogP contribution in [0.1, 0.15) is 20.3 Å². The van der Waals surface area contributed by atoms with Crippen LogP contribution in [0.2, 0.25) is 5.02 Å². The molecule has 1 aliphatic rings. The Morgan fingerprint density at radius 3 is 2.67 bits per heavy atom. The molecule has 1 aromatic carbocycles. The lowest BCUT2D eigenvalue weighted by Crippen LogP contribution is -2.46. The Labute approximate surface area is 178 Å². The highest BCUT2D eigenvalue weighted by atomic mass is 35.5. The average molecular weight is 463 g/mol. The summed E-state index contributed by atoms with van der Waals surface area (Å²) in [5, 5.41) is -0.493. The number of nitrogens with zero attached hydrogens (tertiary/aromatic N) is 3. The molecular formula is C19H22ClF3N4O2S. The zero-order chi connectivity index (χ0) is 22.3. The topological polar surface area (TPSA) is 65.5 Å². The van der Waals surface area contributed by atoms with Gasteiger partial charge in [-0.3, -0.25) is 9.62 Å². The molecule has 30 heavy (non-hydrogen) atoms. The summed E-state index contributed by atoms with van der Waals surface area (Å²) in [6.07, 6.45) is 0.754. The van der Waals surface area contributed by atoms with Crippen LogP contribution in [0.25, 0.3) is 0 Å². The summed E-state index contributed by atoms with van der Waals surface area (Å²) in [5.41, 5.74) is -0.122. The van der Waals surface area contributed by atoms with Gasteiger partial charge in [-0.25, -0.2) is 22.2 Å². The SMILES string of the molecule is CCN(C)[C@]1(C)CCN(c2cc(F)c(S(=O)(=O)Nc3cccc(F)n3)c(F)c2Cl)C1. The number of hydrogen-bond donors (Lipinski definition) is 1. The number of aromatic nitrogens is 1. The van der Waals surface area contributed by atoms with Crippen LogP contribution in [0, 0.1) is 17.6 Å². The minimum atomic E-state index is -4.73. The smallest absolute Gasteiger partial charge is 0.268 e. The molecule has 164 valence electrons. The van der Waals surface area contributed by atoms with Crippen molar-refractivity contribution in [1.29, 1.82) is 0 Å². The van der Waals surface area contributed by atoms with Gasteiger partial charge in [0.15, 0.2) is 10.7 Å². The fourth-order valence-corrected chi connectivity index (χ4v) is 5.01. The van der Waals surface area contributed by atoms with Crippen molar-refractivity contribution in [1.82, 2.24) is 9.88 Å². The van der Waals surface area contributed by atoms with E-state index >= 15 is 0 Å². The van der Waals surface area contributed by atoms with Crippen LogP contribution in [-0.2, 0) is 10.0 Å². The molecule has 1 aromatic heterocycles. The quantitative estimate of drug-likeness (QED) is 0.521. The molecule has 0 unspecified atom stereocenters. The van der Waals surface area contributed by atoms with Crippen LogP contribution in [0.5, 0.6) is 0 Å². The van der Waals surface area contributed by atoms with Gasteiger partial charge in [-0.1, -0.05) is 24.6 Å². The lowest BCUT2D eigenvalue weighted by atomic mass is 10.00. The fourth-order valence-electron chi connectivity index (χ4n) is 3.54. The standard InChI is InChI=1S/C19H22ClF3N4O2S/c1-4-26(3)19(2)8-9-27(11-19)13-10-12(21)18(17(23)16(13)20)30(28,29)25-15-7-5-6-14(22)24-15/h5-7,10H,4,8-9,11H2,1-3H3,(H,24,25)/t19-/m1/s1. The number of halogens is 4. The van der Waals surface area contributed by atoms with Crippen molar-refractivity contribution in [3.63, 3.8) is 0 Å².